The molecule has 6 aromatic rings. The van der Waals surface area contributed by atoms with Crippen LogP contribution >= 0.6 is 0 Å². The van der Waals surface area contributed by atoms with Crippen molar-refractivity contribution in [3.05, 3.63) is 138 Å². The number of ether oxygens (including phenoxy) is 2. The fourth-order valence-corrected chi connectivity index (χ4v) is 7.73. The van der Waals surface area contributed by atoms with Gasteiger partial charge in [0.2, 0.25) is 18.2 Å². The Morgan fingerprint density at radius 3 is 2.35 bits per heavy atom. The largest absolute Gasteiger partial charge is 0.453 e. The Morgan fingerprint density at radius 1 is 0.889 bits per heavy atom. The third-order valence-corrected chi connectivity index (χ3v) is 10.9. The summed E-state index contributed by atoms with van der Waals surface area (Å²) in [5.74, 6) is 5.89. The van der Waals surface area contributed by atoms with Crippen LogP contribution in [0.1, 0.15) is 47.9 Å². The molecule has 4 heterocycles. The van der Waals surface area contributed by atoms with Gasteiger partial charge >= 0.3 is 6.09 Å². The van der Waals surface area contributed by atoms with Crippen LogP contribution in [0.3, 0.4) is 0 Å². The number of hydrogen-bond acceptors (Lipinski definition) is 11. The standard InChI is InChI=1S/C47H44N8O8/c1-28-22-24-55(45(58)39(53-47(60)62-3)30-15-8-5-9-16-30)40(28)41-50-34-21-20-32(26-35(34)51-41)43-48-27-37(63-43)31-17-12-18-33(25-31)49-42(56)36-19-10-11-23-54(36)44(57)38(52-46(59)61-2)29-13-6-4-7-14-29/h4-9,12-18,20-21,25-27,36,38-40,47,53,60H,1,11,22-24H2,2-3H3,(H,49,56)(H,50,51)(H,52,59). The summed E-state index contributed by atoms with van der Waals surface area (Å²) >= 11 is 0. The predicted molar refractivity (Wildman–Crippen MR) is 232 cm³/mol. The Kier molecular flexibility index (Phi) is 12.4. The normalized spacial score (nSPS) is 17.3. The average Bonchev–Trinajstić information content (AvgIpc) is 4.08. The van der Waals surface area contributed by atoms with Crippen LogP contribution in [0.4, 0.5) is 10.5 Å². The number of carbonyl (C=O) groups is 4. The van der Waals surface area contributed by atoms with E-state index in [1.54, 1.807) is 59.6 Å². The fraction of sp³-hybridized carbons (Fsp3) is 0.234. The number of amides is 4. The van der Waals surface area contributed by atoms with Crippen LogP contribution in [0.5, 0.6) is 0 Å². The maximum Gasteiger partial charge on any atom is 0.407 e. The van der Waals surface area contributed by atoms with Crippen LogP contribution in [0.15, 0.2) is 126 Å². The van der Waals surface area contributed by atoms with Crippen LogP contribution in [0, 0.1) is 11.8 Å². The van der Waals surface area contributed by atoms with Gasteiger partial charge in [0.05, 0.1) is 24.3 Å². The molecule has 2 aliphatic rings. The fourth-order valence-electron chi connectivity index (χ4n) is 7.73. The van der Waals surface area contributed by atoms with Crippen molar-refractivity contribution in [2.75, 3.05) is 32.6 Å². The number of aromatic amines is 1. The Hall–Kier alpha value is -7.58. The number of methoxy groups -OCH3 is 2. The minimum Gasteiger partial charge on any atom is -0.453 e. The van der Waals surface area contributed by atoms with E-state index in [2.05, 4.69) is 44.3 Å². The zero-order chi connectivity index (χ0) is 44.0. The van der Waals surface area contributed by atoms with Gasteiger partial charge in [0, 0.05) is 43.4 Å². The number of oxazole rings is 1. The number of nitrogens with zero attached hydrogens (tertiary/aromatic N) is 4. The number of rotatable bonds is 13. The second-order valence-corrected chi connectivity index (χ2v) is 14.9. The van der Waals surface area contributed by atoms with Crippen molar-refractivity contribution in [3.8, 4) is 34.6 Å². The van der Waals surface area contributed by atoms with Gasteiger partial charge in [-0.25, -0.2) is 14.8 Å². The topological polar surface area (TPSA) is 204 Å². The van der Waals surface area contributed by atoms with E-state index < -0.39 is 48.5 Å². The highest BCUT2D eigenvalue weighted by Gasteiger charge is 2.39. The molecule has 8 rings (SSSR count). The van der Waals surface area contributed by atoms with Crippen molar-refractivity contribution < 1.29 is 38.2 Å². The SMILES string of the molecule is C=C1CCN(C(=O)C(NC(O)OC)c2ccccc2)C1c1nc2ccc(-c3ncc(-c4cccc(NC(=O)C5C#CCCN5C(=O)C(NC(=O)OC)c5ccccc5)c4)o3)cc2[nH]1. The van der Waals surface area contributed by atoms with Gasteiger partial charge in [-0.1, -0.05) is 91.2 Å². The summed E-state index contributed by atoms with van der Waals surface area (Å²) in [6, 6.07) is 26.8. The van der Waals surface area contributed by atoms with Crippen molar-refractivity contribution in [2.24, 2.45) is 0 Å². The molecule has 0 radical (unpaired) electrons. The lowest BCUT2D eigenvalue weighted by molar-refractivity contribution is -0.143. The van der Waals surface area contributed by atoms with E-state index in [9.17, 15) is 24.3 Å². The quantitative estimate of drug-likeness (QED) is 0.0549. The molecule has 16 nitrogen and oxygen atoms in total. The van der Waals surface area contributed by atoms with Crippen LogP contribution in [0.25, 0.3) is 33.8 Å². The number of nitrogens with one attached hydrogen (secondary N) is 4. The van der Waals surface area contributed by atoms with Gasteiger partial charge in [0.1, 0.15) is 23.9 Å². The maximum absolute atomic E-state index is 14.1. The van der Waals surface area contributed by atoms with Crippen molar-refractivity contribution >= 4 is 40.5 Å². The molecule has 2 aliphatic heterocycles. The number of aliphatic hydroxyl groups is 1. The van der Waals surface area contributed by atoms with Crippen LogP contribution in [0.2, 0.25) is 0 Å². The zero-order valence-electron chi connectivity index (χ0n) is 34.4. The van der Waals surface area contributed by atoms with E-state index >= 15 is 0 Å². The van der Waals surface area contributed by atoms with Crippen LogP contribution < -0.4 is 16.0 Å². The Bertz CT molecular complexity index is 2720. The lowest BCUT2D eigenvalue weighted by atomic mass is 10.0. The van der Waals surface area contributed by atoms with Gasteiger partial charge < -0.3 is 44.4 Å². The minimum atomic E-state index is -1.36. The number of hydrogen-bond donors (Lipinski definition) is 5. The molecule has 5 N–H and O–H groups in total. The van der Waals surface area contributed by atoms with Gasteiger partial charge in [-0.05, 0) is 53.5 Å². The van der Waals surface area contributed by atoms with E-state index in [0.717, 1.165) is 5.57 Å². The number of fused-ring (bicyclic) bond motifs is 1. The number of alkyl carbamates (subject to hydrolysis) is 1. The van der Waals surface area contributed by atoms with E-state index in [0.29, 0.717) is 75.8 Å². The number of imidazole rings is 1. The molecule has 5 atom stereocenters. The van der Waals surface area contributed by atoms with Gasteiger partial charge in [0.15, 0.2) is 11.8 Å². The molecule has 320 valence electrons. The summed E-state index contributed by atoms with van der Waals surface area (Å²) in [6.45, 7) is 4.87. The molecule has 0 saturated carbocycles. The van der Waals surface area contributed by atoms with Crippen molar-refractivity contribution in [1.82, 2.24) is 35.4 Å². The molecule has 4 aromatic carbocycles. The highest BCUT2D eigenvalue weighted by atomic mass is 16.6. The predicted octanol–water partition coefficient (Wildman–Crippen LogP) is 5.61. The number of aromatic nitrogens is 3. The summed E-state index contributed by atoms with van der Waals surface area (Å²) in [6.07, 6.45) is 0.380. The van der Waals surface area contributed by atoms with E-state index in [1.165, 1.54) is 19.1 Å². The van der Waals surface area contributed by atoms with Crippen molar-refractivity contribution in [1.29, 1.82) is 0 Å². The van der Waals surface area contributed by atoms with E-state index in [-0.39, 0.29) is 12.5 Å². The van der Waals surface area contributed by atoms with Gasteiger partial charge in [0.25, 0.3) is 11.8 Å². The van der Waals surface area contributed by atoms with Crippen LogP contribution in [-0.2, 0) is 23.9 Å². The first-order chi connectivity index (χ1) is 30.6. The minimum absolute atomic E-state index is 0.185. The third kappa shape index (κ3) is 9.07. The Balaban J connectivity index is 0.980. The third-order valence-electron chi connectivity index (χ3n) is 10.9. The second kappa shape index (κ2) is 18.6. The maximum atomic E-state index is 14.1. The summed E-state index contributed by atoms with van der Waals surface area (Å²) < 4.78 is 16.0. The Morgan fingerprint density at radius 2 is 1.62 bits per heavy atom. The number of carbonyl (C=O) groups excluding carboxylic acids is 4. The van der Waals surface area contributed by atoms with Gasteiger partial charge in [-0.2, -0.15) is 0 Å². The molecule has 0 aliphatic carbocycles. The van der Waals surface area contributed by atoms with E-state index in [1.807, 2.05) is 54.6 Å². The highest BCUT2D eigenvalue weighted by molar-refractivity contribution is 6.01. The zero-order valence-corrected chi connectivity index (χ0v) is 34.4. The second-order valence-electron chi connectivity index (χ2n) is 14.9. The number of H-pyrrole nitrogens is 1. The average molecular weight is 849 g/mol. The van der Waals surface area contributed by atoms with Crippen molar-refractivity contribution in [3.63, 3.8) is 0 Å². The molecule has 4 amide bonds. The first-order valence-corrected chi connectivity index (χ1v) is 20.2. The monoisotopic (exact) mass is 848 g/mol. The number of aliphatic hydroxyl groups excluding tert-OH is 1. The first-order valence-electron chi connectivity index (χ1n) is 20.2. The van der Waals surface area contributed by atoms with Gasteiger partial charge in [-0.3, -0.25) is 19.7 Å². The van der Waals surface area contributed by atoms with E-state index in [4.69, 9.17) is 18.9 Å². The molecule has 1 fully saturated rings. The molecule has 5 unspecified atom stereocenters. The Labute approximate surface area is 362 Å². The van der Waals surface area contributed by atoms with Crippen molar-refractivity contribution in [2.45, 2.75) is 43.4 Å². The first kappa shape index (κ1) is 42.1. The summed E-state index contributed by atoms with van der Waals surface area (Å²) in [4.78, 5) is 69.9. The lowest BCUT2D eigenvalue weighted by Crippen LogP contribution is -2.52. The summed E-state index contributed by atoms with van der Waals surface area (Å²) in [5.41, 5.74) is 5.13. The molecular weight excluding hydrogens is 805 g/mol. The molecule has 0 bridgehead atoms. The summed E-state index contributed by atoms with van der Waals surface area (Å²) in [7, 11) is 2.56. The van der Waals surface area contributed by atoms with Crippen LogP contribution in [-0.4, -0.2) is 93.4 Å². The lowest BCUT2D eigenvalue weighted by Gasteiger charge is -2.32. The highest BCUT2D eigenvalue weighted by Crippen LogP contribution is 2.38. The number of benzene rings is 4. The molecule has 63 heavy (non-hydrogen) atoms. The molecule has 0 spiro atoms. The molecule has 2 aromatic heterocycles. The summed E-state index contributed by atoms with van der Waals surface area (Å²) in [5, 5.41) is 18.6. The smallest absolute Gasteiger partial charge is 0.407 e. The number of anilines is 1. The molecule has 1 saturated heterocycles. The molecular formula is C47H44N8O8. The molecule has 16 heteroatoms. The number of likely N-dealkylation sites (tertiary alicyclic amines) is 1. The van der Waals surface area contributed by atoms with Gasteiger partial charge in [-0.15, -0.1) is 0 Å².